The summed E-state index contributed by atoms with van der Waals surface area (Å²) in [6.45, 7) is 4.30. The fraction of sp³-hybridized carbons (Fsp3) is 0.321. The molecule has 2 aromatic carbocycles. The van der Waals surface area contributed by atoms with Gasteiger partial charge in [0.15, 0.2) is 5.65 Å². The normalized spacial score (nSPS) is 14.4. The van der Waals surface area contributed by atoms with Gasteiger partial charge >= 0.3 is 6.18 Å². The van der Waals surface area contributed by atoms with Crippen LogP contribution in [0.3, 0.4) is 0 Å². The van der Waals surface area contributed by atoms with E-state index >= 15 is 0 Å². The zero-order valence-corrected chi connectivity index (χ0v) is 23.0. The SMILES string of the molecule is CNc1ncc2nc(-c3cc(NC(=O)c4cc(N5CCN(C)CC5)cc(C(F)(F)F)c4)ccc3C)c(=O)n(C)c2n1. The quantitative estimate of drug-likeness (QED) is 0.376. The van der Waals surface area contributed by atoms with Crippen molar-refractivity contribution in [2.75, 3.05) is 55.8 Å². The molecule has 0 atom stereocenters. The lowest BCUT2D eigenvalue weighted by molar-refractivity contribution is -0.137. The fourth-order valence-electron chi connectivity index (χ4n) is 4.72. The van der Waals surface area contributed by atoms with E-state index in [-0.39, 0.29) is 11.3 Å². The Morgan fingerprint density at radius 3 is 2.41 bits per heavy atom. The summed E-state index contributed by atoms with van der Waals surface area (Å²) in [6.07, 6.45) is -3.11. The number of nitrogens with one attached hydrogen (secondary N) is 2. The second-order valence-corrected chi connectivity index (χ2v) is 10.0. The third-order valence-corrected chi connectivity index (χ3v) is 7.16. The largest absolute Gasteiger partial charge is 0.416 e. The Kier molecular flexibility index (Phi) is 7.39. The zero-order chi connectivity index (χ0) is 29.5. The van der Waals surface area contributed by atoms with Crippen molar-refractivity contribution >= 4 is 34.4 Å². The van der Waals surface area contributed by atoms with Crippen LogP contribution < -0.4 is 21.1 Å². The van der Waals surface area contributed by atoms with Gasteiger partial charge in [0.2, 0.25) is 5.95 Å². The molecule has 1 aliphatic heterocycles. The molecule has 1 amide bonds. The van der Waals surface area contributed by atoms with E-state index in [2.05, 4.69) is 30.5 Å². The first-order chi connectivity index (χ1) is 19.4. The number of carbonyl (C=O) groups is 1. The molecule has 5 rings (SSSR count). The minimum atomic E-state index is -4.62. The number of piperazine rings is 1. The molecule has 214 valence electrons. The van der Waals surface area contributed by atoms with E-state index in [4.69, 9.17) is 0 Å². The van der Waals surface area contributed by atoms with Crippen LogP contribution in [0.4, 0.5) is 30.5 Å². The molecule has 0 radical (unpaired) electrons. The molecule has 1 saturated heterocycles. The van der Waals surface area contributed by atoms with Crippen molar-refractivity contribution in [3.63, 3.8) is 0 Å². The van der Waals surface area contributed by atoms with Crippen LogP contribution in [0.1, 0.15) is 21.5 Å². The zero-order valence-electron chi connectivity index (χ0n) is 23.0. The Hall–Kier alpha value is -4.52. The van der Waals surface area contributed by atoms with Crippen LogP contribution in [0, 0.1) is 6.92 Å². The molecule has 1 aliphatic rings. The van der Waals surface area contributed by atoms with Crippen molar-refractivity contribution in [1.82, 2.24) is 24.4 Å². The summed E-state index contributed by atoms with van der Waals surface area (Å²) in [5.41, 5.74) is 1.29. The van der Waals surface area contributed by atoms with Gasteiger partial charge in [-0.3, -0.25) is 14.2 Å². The molecule has 0 saturated carbocycles. The van der Waals surface area contributed by atoms with Gasteiger partial charge in [0.25, 0.3) is 11.5 Å². The van der Waals surface area contributed by atoms with Crippen molar-refractivity contribution in [3.8, 4) is 11.3 Å². The first-order valence-electron chi connectivity index (χ1n) is 12.9. The van der Waals surface area contributed by atoms with Crippen LogP contribution in [0.2, 0.25) is 0 Å². The van der Waals surface area contributed by atoms with Crippen molar-refractivity contribution < 1.29 is 18.0 Å². The van der Waals surface area contributed by atoms with Gasteiger partial charge in [-0.25, -0.2) is 9.97 Å². The third kappa shape index (κ3) is 5.71. The van der Waals surface area contributed by atoms with Crippen LogP contribution in [0.5, 0.6) is 0 Å². The summed E-state index contributed by atoms with van der Waals surface area (Å²) < 4.78 is 42.7. The molecule has 1 fully saturated rings. The summed E-state index contributed by atoms with van der Waals surface area (Å²) in [5.74, 6) is -0.359. The van der Waals surface area contributed by atoms with E-state index in [0.29, 0.717) is 60.2 Å². The van der Waals surface area contributed by atoms with Crippen LogP contribution in [0.15, 0.2) is 47.4 Å². The number of anilines is 3. The van der Waals surface area contributed by atoms with Gasteiger partial charge in [-0.15, -0.1) is 0 Å². The maximum Gasteiger partial charge on any atom is 0.416 e. The molecule has 13 heteroatoms. The molecular weight excluding hydrogens is 537 g/mol. The molecule has 0 aliphatic carbocycles. The first kappa shape index (κ1) is 28.0. The minimum absolute atomic E-state index is 0.117. The number of halogens is 3. The van der Waals surface area contributed by atoms with Crippen molar-refractivity contribution in [1.29, 1.82) is 0 Å². The molecule has 3 heterocycles. The van der Waals surface area contributed by atoms with Gasteiger partial charge < -0.3 is 20.4 Å². The smallest absolute Gasteiger partial charge is 0.369 e. The number of carbonyl (C=O) groups excluding carboxylic acids is 1. The number of rotatable bonds is 5. The number of nitrogens with zero attached hydrogens (tertiary/aromatic N) is 6. The van der Waals surface area contributed by atoms with Crippen LogP contribution >= 0.6 is 0 Å². The van der Waals surface area contributed by atoms with E-state index in [9.17, 15) is 22.8 Å². The third-order valence-electron chi connectivity index (χ3n) is 7.16. The molecule has 0 unspecified atom stereocenters. The Labute approximate surface area is 233 Å². The number of aryl methyl sites for hydroxylation is 2. The lowest BCUT2D eigenvalue weighted by atomic mass is 10.0. The standard InChI is InChI=1S/C28H29F3N8O2/c1-16-5-6-19(14-21(16)23-26(41)38(4)24-22(35-23)15-33-27(32-2)36-24)34-25(40)17-11-18(28(29,30)31)13-20(12-17)39-9-7-37(3)8-10-39/h5-6,11-15H,7-10H2,1-4H3,(H,34,40)(H,32,33,36). The monoisotopic (exact) mass is 566 g/mol. The topological polar surface area (TPSA) is 108 Å². The number of aromatic nitrogens is 4. The number of fused-ring (bicyclic) bond motifs is 1. The lowest BCUT2D eigenvalue weighted by Gasteiger charge is -2.34. The molecule has 2 N–H and O–H groups in total. The van der Waals surface area contributed by atoms with Gasteiger partial charge in [-0.1, -0.05) is 6.07 Å². The van der Waals surface area contributed by atoms with Gasteiger partial charge in [0.05, 0.1) is 11.8 Å². The molecular formula is C28H29F3N8O2. The second kappa shape index (κ2) is 10.8. The van der Waals surface area contributed by atoms with Gasteiger partial charge in [-0.05, 0) is 49.9 Å². The maximum atomic E-state index is 13.8. The highest BCUT2D eigenvalue weighted by molar-refractivity contribution is 6.05. The van der Waals surface area contributed by atoms with Gasteiger partial charge in [0.1, 0.15) is 11.2 Å². The molecule has 2 aromatic heterocycles. The Morgan fingerprint density at radius 1 is 1.00 bits per heavy atom. The molecule has 0 bridgehead atoms. The van der Waals surface area contributed by atoms with E-state index < -0.39 is 23.2 Å². The van der Waals surface area contributed by atoms with Crippen LogP contribution in [-0.2, 0) is 13.2 Å². The number of hydrogen-bond donors (Lipinski definition) is 2. The summed E-state index contributed by atoms with van der Waals surface area (Å²) in [4.78, 5) is 43.4. The Bertz CT molecular complexity index is 1690. The molecule has 10 nitrogen and oxygen atoms in total. The lowest BCUT2D eigenvalue weighted by Crippen LogP contribution is -2.44. The van der Waals surface area contributed by atoms with Crippen LogP contribution in [0.25, 0.3) is 22.4 Å². The van der Waals surface area contributed by atoms with Crippen molar-refractivity contribution in [3.05, 3.63) is 69.6 Å². The van der Waals surface area contributed by atoms with Crippen molar-refractivity contribution in [2.24, 2.45) is 7.05 Å². The first-order valence-corrected chi connectivity index (χ1v) is 12.9. The van der Waals surface area contributed by atoms with Crippen LogP contribution in [-0.4, -0.2) is 70.6 Å². The summed E-state index contributed by atoms with van der Waals surface area (Å²) in [5, 5.41) is 5.52. The number of likely N-dealkylation sites (N-methyl/N-ethyl adjacent to an activating group) is 1. The highest BCUT2D eigenvalue weighted by Crippen LogP contribution is 2.34. The Balaban J connectivity index is 1.49. The summed E-state index contributed by atoms with van der Waals surface area (Å²) >= 11 is 0. The molecule has 41 heavy (non-hydrogen) atoms. The van der Waals surface area contributed by atoms with Gasteiger partial charge in [0, 0.05) is 62.8 Å². The minimum Gasteiger partial charge on any atom is -0.369 e. The number of benzene rings is 2. The fourth-order valence-corrected chi connectivity index (χ4v) is 4.72. The molecule has 0 spiro atoms. The predicted molar refractivity (Wildman–Crippen MR) is 151 cm³/mol. The maximum absolute atomic E-state index is 13.8. The summed E-state index contributed by atoms with van der Waals surface area (Å²) in [7, 11) is 5.19. The van der Waals surface area contributed by atoms with Crippen molar-refractivity contribution in [2.45, 2.75) is 13.1 Å². The van der Waals surface area contributed by atoms with E-state index in [1.165, 1.54) is 16.8 Å². The highest BCUT2D eigenvalue weighted by Gasteiger charge is 2.32. The average Bonchev–Trinajstić information content (AvgIpc) is 2.95. The summed E-state index contributed by atoms with van der Waals surface area (Å²) in [6, 6.07) is 8.32. The van der Waals surface area contributed by atoms with E-state index in [0.717, 1.165) is 17.7 Å². The average molecular weight is 567 g/mol. The number of amides is 1. The van der Waals surface area contributed by atoms with E-state index in [1.54, 1.807) is 39.2 Å². The van der Waals surface area contributed by atoms with Gasteiger partial charge in [-0.2, -0.15) is 18.2 Å². The predicted octanol–water partition coefficient (Wildman–Crippen LogP) is 3.76. The second-order valence-electron chi connectivity index (χ2n) is 10.0. The van der Waals surface area contributed by atoms with E-state index in [1.807, 2.05) is 11.9 Å². The molecule has 4 aromatic rings. The Morgan fingerprint density at radius 2 is 1.73 bits per heavy atom. The number of alkyl halides is 3. The number of hydrogen-bond acceptors (Lipinski definition) is 8. The highest BCUT2D eigenvalue weighted by atomic mass is 19.4.